The van der Waals surface area contributed by atoms with Crippen molar-refractivity contribution in [2.24, 2.45) is 0 Å². The number of unbranched alkanes of at least 4 members (excludes halogenated alkanes) is 1. The monoisotopic (exact) mass is 469 g/mol. The van der Waals surface area contributed by atoms with E-state index in [1.807, 2.05) is 59.2 Å². The molecule has 0 spiro atoms. The number of esters is 1. The Labute approximate surface area is 206 Å². The predicted octanol–water partition coefficient (Wildman–Crippen LogP) is 5.69. The normalized spacial score (nSPS) is 11.1. The van der Waals surface area contributed by atoms with Crippen LogP contribution in [0.5, 0.6) is 0 Å². The van der Waals surface area contributed by atoms with Gasteiger partial charge in [-0.2, -0.15) is 0 Å². The molecule has 0 radical (unpaired) electrons. The molecule has 4 rings (SSSR count). The number of benzene rings is 2. The van der Waals surface area contributed by atoms with Gasteiger partial charge in [0.15, 0.2) is 0 Å². The van der Waals surface area contributed by atoms with Crippen LogP contribution in [-0.4, -0.2) is 35.1 Å². The first-order valence-electron chi connectivity index (χ1n) is 12.0. The fourth-order valence-electron chi connectivity index (χ4n) is 4.19. The molecule has 0 saturated carbocycles. The fraction of sp³-hybridized carbons (Fsp3) is 0.276. The number of amides is 1. The molecule has 0 fully saturated rings. The molecule has 6 heteroatoms. The lowest BCUT2D eigenvalue weighted by Gasteiger charge is -2.08. The number of pyridine rings is 1. The van der Waals surface area contributed by atoms with Crippen LogP contribution in [0, 0.1) is 0 Å². The Kier molecular flexibility index (Phi) is 7.60. The molecule has 2 aromatic heterocycles. The molecule has 0 aliphatic rings. The van der Waals surface area contributed by atoms with Crippen molar-refractivity contribution in [3.8, 4) is 5.82 Å². The summed E-state index contributed by atoms with van der Waals surface area (Å²) in [5.74, 6) is 0.868. The van der Waals surface area contributed by atoms with Gasteiger partial charge in [0.1, 0.15) is 5.82 Å². The van der Waals surface area contributed by atoms with E-state index in [1.165, 1.54) is 12.7 Å². The Hall–Kier alpha value is -3.93. The van der Waals surface area contributed by atoms with Gasteiger partial charge in [-0.15, -0.1) is 0 Å². The molecule has 4 aromatic rings. The van der Waals surface area contributed by atoms with E-state index in [2.05, 4.69) is 30.3 Å². The summed E-state index contributed by atoms with van der Waals surface area (Å²) in [7, 11) is 1.39. The molecule has 0 aliphatic heterocycles. The second kappa shape index (κ2) is 11.0. The number of fused-ring (bicyclic) bond motifs is 1. The molecule has 2 heterocycles. The van der Waals surface area contributed by atoms with Crippen LogP contribution < -0.4 is 5.32 Å². The smallest absolute Gasteiger partial charge is 0.337 e. The number of carbonyl (C=O) groups is 2. The average Bonchev–Trinajstić information content (AvgIpc) is 3.26. The largest absolute Gasteiger partial charge is 0.465 e. The lowest BCUT2D eigenvalue weighted by atomic mass is 10.0. The first-order chi connectivity index (χ1) is 17.0. The lowest BCUT2D eigenvalue weighted by Crippen LogP contribution is -2.24. The minimum atomic E-state index is -0.354. The average molecular weight is 470 g/mol. The van der Waals surface area contributed by atoms with Crippen molar-refractivity contribution < 1.29 is 14.3 Å². The summed E-state index contributed by atoms with van der Waals surface area (Å²) in [5, 5.41) is 4.03. The SMILES string of the molecule is COC(=O)c1ccc2c(c1)c(CCCCNC(=O)c1ccc(C(C)C)cc1)cn2-c1ccccn1. The second-order valence-corrected chi connectivity index (χ2v) is 8.93. The second-order valence-electron chi connectivity index (χ2n) is 8.93. The summed E-state index contributed by atoms with van der Waals surface area (Å²) in [6.07, 6.45) is 6.42. The van der Waals surface area contributed by atoms with E-state index >= 15 is 0 Å². The zero-order valence-electron chi connectivity index (χ0n) is 20.5. The van der Waals surface area contributed by atoms with E-state index in [9.17, 15) is 9.59 Å². The highest BCUT2D eigenvalue weighted by molar-refractivity contribution is 5.96. The van der Waals surface area contributed by atoms with Crippen LogP contribution in [0.2, 0.25) is 0 Å². The van der Waals surface area contributed by atoms with Gasteiger partial charge in [-0.25, -0.2) is 9.78 Å². The maximum Gasteiger partial charge on any atom is 0.337 e. The summed E-state index contributed by atoms with van der Waals surface area (Å²) in [4.78, 5) is 29.0. The minimum absolute atomic E-state index is 0.0465. The first kappa shape index (κ1) is 24.2. The molecule has 1 N–H and O–H groups in total. The van der Waals surface area contributed by atoms with Crippen molar-refractivity contribution in [2.45, 2.75) is 39.0 Å². The first-order valence-corrected chi connectivity index (χ1v) is 12.0. The predicted molar refractivity (Wildman–Crippen MR) is 138 cm³/mol. The fourth-order valence-corrected chi connectivity index (χ4v) is 4.19. The van der Waals surface area contributed by atoms with Gasteiger partial charge in [0.2, 0.25) is 0 Å². The molecule has 180 valence electrons. The number of nitrogens with zero attached hydrogens (tertiary/aromatic N) is 2. The Morgan fingerprint density at radius 2 is 1.77 bits per heavy atom. The van der Waals surface area contributed by atoms with Gasteiger partial charge in [0.05, 0.1) is 18.2 Å². The lowest BCUT2D eigenvalue weighted by molar-refractivity contribution is 0.0600. The molecule has 0 saturated heterocycles. The quantitative estimate of drug-likeness (QED) is 0.253. The maximum absolute atomic E-state index is 12.5. The van der Waals surface area contributed by atoms with Gasteiger partial charge < -0.3 is 14.6 Å². The number of nitrogens with one attached hydrogen (secondary N) is 1. The van der Waals surface area contributed by atoms with Gasteiger partial charge in [0.25, 0.3) is 5.91 Å². The Morgan fingerprint density at radius 3 is 2.46 bits per heavy atom. The number of aromatic nitrogens is 2. The number of methoxy groups -OCH3 is 1. The standard InChI is InChI=1S/C29H31N3O3/c1-20(2)21-10-12-22(13-11-21)28(33)31-17-6-4-8-24-19-32(27-9-5-7-16-30-27)26-15-14-23(18-25(24)26)29(34)35-3/h5,7,9-16,18-20H,4,6,8,17H2,1-3H3,(H,31,33). The highest BCUT2D eigenvalue weighted by Crippen LogP contribution is 2.27. The number of hydrogen-bond acceptors (Lipinski definition) is 4. The number of aryl methyl sites for hydroxylation is 1. The van der Waals surface area contributed by atoms with E-state index in [0.717, 1.165) is 41.5 Å². The summed E-state index contributed by atoms with van der Waals surface area (Å²) in [5.41, 5.74) is 4.55. The van der Waals surface area contributed by atoms with Crippen LogP contribution in [0.15, 0.2) is 73.1 Å². The molecule has 0 bridgehead atoms. The van der Waals surface area contributed by atoms with E-state index in [-0.39, 0.29) is 11.9 Å². The maximum atomic E-state index is 12.5. The molecular weight excluding hydrogens is 438 g/mol. The summed E-state index contributed by atoms with van der Waals surface area (Å²) in [6, 6.07) is 19.2. The van der Waals surface area contributed by atoms with E-state index in [0.29, 0.717) is 23.6 Å². The molecular formula is C29H31N3O3. The molecule has 0 atom stereocenters. The van der Waals surface area contributed by atoms with Gasteiger partial charge in [-0.3, -0.25) is 4.79 Å². The summed E-state index contributed by atoms with van der Waals surface area (Å²) < 4.78 is 6.96. The van der Waals surface area contributed by atoms with Crippen molar-refractivity contribution in [1.29, 1.82) is 0 Å². The van der Waals surface area contributed by atoms with Crippen molar-refractivity contribution >= 4 is 22.8 Å². The summed E-state index contributed by atoms with van der Waals surface area (Å²) in [6.45, 7) is 4.88. The number of rotatable bonds is 9. The highest BCUT2D eigenvalue weighted by atomic mass is 16.5. The number of ether oxygens (including phenoxy) is 1. The minimum Gasteiger partial charge on any atom is -0.465 e. The Bertz CT molecular complexity index is 1310. The van der Waals surface area contributed by atoms with Crippen molar-refractivity contribution in [3.05, 3.63) is 95.3 Å². The highest BCUT2D eigenvalue weighted by Gasteiger charge is 2.14. The Balaban J connectivity index is 1.42. The third-order valence-electron chi connectivity index (χ3n) is 6.20. The van der Waals surface area contributed by atoms with Crippen molar-refractivity contribution in [1.82, 2.24) is 14.9 Å². The molecule has 0 aliphatic carbocycles. The van der Waals surface area contributed by atoms with Crippen LogP contribution in [0.25, 0.3) is 16.7 Å². The molecule has 35 heavy (non-hydrogen) atoms. The topological polar surface area (TPSA) is 73.2 Å². The van der Waals surface area contributed by atoms with Gasteiger partial charge >= 0.3 is 5.97 Å². The molecule has 2 aromatic carbocycles. The van der Waals surface area contributed by atoms with Crippen LogP contribution in [-0.2, 0) is 11.2 Å². The van der Waals surface area contributed by atoms with E-state index < -0.39 is 0 Å². The van der Waals surface area contributed by atoms with Crippen LogP contribution in [0.3, 0.4) is 0 Å². The third kappa shape index (κ3) is 5.60. The van der Waals surface area contributed by atoms with E-state index in [4.69, 9.17) is 4.74 Å². The zero-order valence-corrected chi connectivity index (χ0v) is 20.5. The van der Waals surface area contributed by atoms with Crippen molar-refractivity contribution in [3.63, 3.8) is 0 Å². The zero-order chi connectivity index (χ0) is 24.8. The van der Waals surface area contributed by atoms with Gasteiger partial charge in [0, 0.05) is 29.9 Å². The van der Waals surface area contributed by atoms with Crippen LogP contribution in [0.1, 0.15) is 64.4 Å². The summed E-state index contributed by atoms with van der Waals surface area (Å²) >= 11 is 0. The molecule has 1 amide bonds. The third-order valence-corrected chi connectivity index (χ3v) is 6.20. The van der Waals surface area contributed by atoms with Gasteiger partial charge in [-0.05, 0) is 78.8 Å². The number of carbonyl (C=O) groups excluding carboxylic acids is 2. The van der Waals surface area contributed by atoms with Crippen LogP contribution in [0.4, 0.5) is 0 Å². The molecule has 0 unspecified atom stereocenters. The number of hydrogen-bond donors (Lipinski definition) is 1. The molecule has 6 nitrogen and oxygen atoms in total. The van der Waals surface area contributed by atoms with E-state index in [1.54, 1.807) is 12.3 Å². The van der Waals surface area contributed by atoms with Crippen molar-refractivity contribution in [2.75, 3.05) is 13.7 Å². The Morgan fingerprint density at radius 1 is 1.00 bits per heavy atom. The van der Waals surface area contributed by atoms with Crippen LogP contribution >= 0.6 is 0 Å². The van der Waals surface area contributed by atoms with Gasteiger partial charge in [-0.1, -0.05) is 32.0 Å².